The number of sulfonamides is 1. The number of likely N-dealkylation sites (tertiary alicyclic amines) is 1. The maximum atomic E-state index is 12.4. The third-order valence-corrected chi connectivity index (χ3v) is 6.82. The molecule has 0 spiro atoms. The van der Waals surface area contributed by atoms with Crippen LogP contribution in [0.3, 0.4) is 0 Å². The molecule has 1 aliphatic heterocycles. The van der Waals surface area contributed by atoms with Crippen molar-refractivity contribution in [1.29, 1.82) is 0 Å². The minimum Gasteiger partial charge on any atom is -0.391 e. The zero-order chi connectivity index (χ0) is 17.0. The maximum Gasteiger partial charge on any atom is 0.241 e. The summed E-state index contributed by atoms with van der Waals surface area (Å²) in [6, 6.07) is 11.8. The fraction of sp³-hybridized carbons (Fsp3) is 0.412. The first-order chi connectivity index (χ1) is 11.6. The lowest BCUT2D eigenvalue weighted by Crippen LogP contribution is -2.44. The molecule has 1 aliphatic rings. The third-order valence-electron chi connectivity index (χ3n) is 4.25. The second kappa shape index (κ2) is 7.76. The molecule has 0 radical (unpaired) electrons. The Morgan fingerprint density at radius 1 is 1.21 bits per heavy atom. The molecule has 0 amide bonds. The Labute approximate surface area is 147 Å². The average Bonchev–Trinajstić information content (AvgIpc) is 3.08. The van der Waals surface area contributed by atoms with Crippen molar-refractivity contribution in [3.63, 3.8) is 0 Å². The number of piperidine rings is 1. The van der Waals surface area contributed by atoms with Crippen molar-refractivity contribution in [3.8, 4) is 0 Å². The van der Waals surface area contributed by atoms with Gasteiger partial charge in [0.25, 0.3) is 0 Å². The molecule has 1 fully saturated rings. The monoisotopic (exact) mass is 366 g/mol. The van der Waals surface area contributed by atoms with E-state index in [9.17, 15) is 8.42 Å². The van der Waals surface area contributed by atoms with Crippen molar-refractivity contribution < 1.29 is 13.5 Å². The van der Waals surface area contributed by atoms with Crippen LogP contribution in [-0.2, 0) is 23.2 Å². The summed E-state index contributed by atoms with van der Waals surface area (Å²) in [7, 11) is -3.49. The molecule has 3 rings (SSSR count). The van der Waals surface area contributed by atoms with E-state index < -0.39 is 10.0 Å². The second-order valence-corrected chi connectivity index (χ2v) is 8.77. The molecule has 2 aromatic rings. The van der Waals surface area contributed by atoms with Crippen LogP contribution in [0, 0.1) is 0 Å². The molecular weight excluding hydrogens is 344 g/mol. The molecule has 130 valence electrons. The molecule has 2 N–H and O–H groups in total. The van der Waals surface area contributed by atoms with Gasteiger partial charge in [-0.25, -0.2) is 13.1 Å². The number of thiophene rings is 1. The SMILES string of the molecule is O=S(=O)(NC1CCN(Cc2ccccc2)CC1)c1csc(CO)c1. The van der Waals surface area contributed by atoms with Gasteiger partial charge in [0.1, 0.15) is 0 Å². The fourth-order valence-corrected chi connectivity index (χ4v) is 5.36. The Hall–Kier alpha value is -1.25. The zero-order valence-electron chi connectivity index (χ0n) is 13.4. The topological polar surface area (TPSA) is 69.6 Å². The van der Waals surface area contributed by atoms with Gasteiger partial charge in [-0.1, -0.05) is 30.3 Å². The average molecular weight is 367 g/mol. The molecule has 1 aromatic heterocycles. The van der Waals surface area contributed by atoms with Crippen LogP contribution in [0.5, 0.6) is 0 Å². The van der Waals surface area contributed by atoms with E-state index in [1.165, 1.54) is 23.0 Å². The lowest BCUT2D eigenvalue weighted by Gasteiger charge is -2.32. The molecule has 24 heavy (non-hydrogen) atoms. The number of rotatable bonds is 6. The van der Waals surface area contributed by atoms with E-state index in [0.29, 0.717) is 4.88 Å². The molecule has 2 heterocycles. The molecule has 0 aliphatic carbocycles. The van der Waals surface area contributed by atoms with E-state index in [-0.39, 0.29) is 17.5 Å². The minimum absolute atomic E-state index is 0.0282. The van der Waals surface area contributed by atoms with E-state index >= 15 is 0 Å². The summed E-state index contributed by atoms with van der Waals surface area (Å²) in [5.41, 5.74) is 1.28. The van der Waals surface area contributed by atoms with E-state index in [0.717, 1.165) is 32.5 Å². The Morgan fingerprint density at radius 2 is 1.92 bits per heavy atom. The van der Waals surface area contributed by atoms with Crippen molar-refractivity contribution in [1.82, 2.24) is 9.62 Å². The minimum atomic E-state index is -3.49. The van der Waals surface area contributed by atoms with Crippen molar-refractivity contribution in [3.05, 3.63) is 52.2 Å². The van der Waals surface area contributed by atoms with Crippen LogP contribution in [-0.4, -0.2) is 37.6 Å². The van der Waals surface area contributed by atoms with Gasteiger partial charge in [-0.15, -0.1) is 11.3 Å². The van der Waals surface area contributed by atoms with Crippen LogP contribution in [0.15, 0.2) is 46.7 Å². The number of nitrogens with one attached hydrogen (secondary N) is 1. The maximum absolute atomic E-state index is 12.4. The van der Waals surface area contributed by atoms with Gasteiger partial charge in [0.15, 0.2) is 0 Å². The Bertz CT molecular complexity index is 751. The van der Waals surface area contributed by atoms with Crippen molar-refractivity contribution >= 4 is 21.4 Å². The molecule has 5 nitrogen and oxygen atoms in total. The second-order valence-electron chi connectivity index (χ2n) is 6.06. The highest BCUT2D eigenvalue weighted by atomic mass is 32.2. The number of aliphatic hydroxyl groups is 1. The summed E-state index contributed by atoms with van der Waals surface area (Å²) in [6.07, 6.45) is 1.62. The predicted octanol–water partition coefficient (Wildman–Crippen LogP) is 2.18. The number of aliphatic hydroxyl groups excluding tert-OH is 1. The first kappa shape index (κ1) is 17.6. The molecule has 0 saturated carbocycles. The summed E-state index contributed by atoms with van der Waals surface area (Å²) in [6.45, 7) is 2.55. The van der Waals surface area contributed by atoms with E-state index in [1.807, 2.05) is 18.2 Å². The quantitative estimate of drug-likeness (QED) is 0.822. The van der Waals surface area contributed by atoms with Crippen LogP contribution in [0.1, 0.15) is 23.3 Å². The summed E-state index contributed by atoms with van der Waals surface area (Å²) in [4.78, 5) is 3.27. The van der Waals surface area contributed by atoms with Crippen LogP contribution >= 0.6 is 11.3 Å². The van der Waals surface area contributed by atoms with Crippen molar-refractivity contribution in [2.45, 2.75) is 36.9 Å². The number of nitrogens with zero attached hydrogens (tertiary/aromatic N) is 1. The van der Waals surface area contributed by atoms with Gasteiger partial charge in [0.2, 0.25) is 10.0 Å². The lowest BCUT2D eigenvalue weighted by atomic mass is 10.1. The first-order valence-corrected chi connectivity index (χ1v) is 10.4. The molecule has 0 bridgehead atoms. The van der Waals surface area contributed by atoms with E-state index in [4.69, 9.17) is 5.11 Å². The van der Waals surface area contributed by atoms with Gasteiger partial charge < -0.3 is 5.11 Å². The van der Waals surface area contributed by atoms with Gasteiger partial charge in [-0.3, -0.25) is 4.90 Å². The predicted molar refractivity (Wildman–Crippen MR) is 95.3 cm³/mol. The highest BCUT2D eigenvalue weighted by Gasteiger charge is 2.25. The number of hydrogen-bond acceptors (Lipinski definition) is 5. The summed E-state index contributed by atoms with van der Waals surface area (Å²) < 4.78 is 27.6. The molecule has 7 heteroatoms. The zero-order valence-corrected chi connectivity index (χ0v) is 15.0. The largest absolute Gasteiger partial charge is 0.391 e. The third kappa shape index (κ3) is 4.43. The Kier molecular flexibility index (Phi) is 5.68. The first-order valence-electron chi connectivity index (χ1n) is 8.04. The smallest absolute Gasteiger partial charge is 0.241 e. The highest BCUT2D eigenvalue weighted by Crippen LogP contribution is 2.21. The standard InChI is InChI=1S/C17H22N2O3S2/c20-12-16-10-17(13-23-16)24(21,22)18-15-6-8-19(9-7-15)11-14-4-2-1-3-5-14/h1-5,10,13,15,18,20H,6-9,11-12H2. The van der Waals surface area contributed by atoms with Gasteiger partial charge >= 0.3 is 0 Å². The molecule has 1 saturated heterocycles. The number of benzene rings is 1. The van der Waals surface area contributed by atoms with Gasteiger partial charge in [0.05, 0.1) is 11.5 Å². The molecule has 0 unspecified atom stereocenters. The lowest BCUT2D eigenvalue weighted by molar-refractivity contribution is 0.200. The molecule has 1 aromatic carbocycles. The van der Waals surface area contributed by atoms with E-state index in [1.54, 1.807) is 5.38 Å². The molecule has 0 atom stereocenters. The van der Waals surface area contributed by atoms with E-state index in [2.05, 4.69) is 21.8 Å². The fourth-order valence-electron chi connectivity index (χ4n) is 2.92. The van der Waals surface area contributed by atoms with Gasteiger partial charge in [0, 0.05) is 35.9 Å². The van der Waals surface area contributed by atoms with Crippen LogP contribution in [0.25, 0.3) is 0 Å². The Balaban J connectivity index is 1.53. The highest BCUT2D eigenvalue weighted by molar-refractivity contribution is 7.89. The summed E-state index contributed by atoms with van der Waals surface area (Å²) in [5, 5.41) is 10.7. The van der Waals surface area contributed by atoms with Crippen LogP contribution in [0.4, 0.5) is 0 Å². The normalized spacial score (nSPS) is 17.2. The van der Waals surface area contributed by atoms with Crippen molar-refractivity contribution in [2.24, 2.45) is 0 Å². The Morgan fingerprint density at radius 3 is 2.54 bits per heavy atom. The van der Waals surface area contributed by atoms with Gasteiger partial charge in [-0.2, -0.15) is 0 Å². The van der Waals surface area contributed by atoms with Crippen LogP contribution < -0.4 is 4.72 Å². The molecular formula is C17H22N2O3S2. The summed E-state index contributed by atoms with van der Waals surface area (Å²) >= 11 is 1.26. The van der Waals surface area contributed by atoms with Gasteiger partial charge in [-0.05, 0) is 24.5 Å². The van der Waals surface area contributed by atoms with Crippen molar-refractivity contribution in [2.75, 3.05) is 13.1 Å². The number of hydrogen-bond donors (Lipinski definition) is 2. The summed E-state index contributed by atoms with van der Waals surface area (Å²) in [5.74, 6) is 0. The van der Waals surface area contributed by atoms with Crippen LogP contribution in [0.2, 0.25) is 0 Å².